The van der Waals surface area contributed by atoms with Gasteiger partial charge in [0.05, 0.1) is 26.9 Å². The van der Waals surface area contributed by atoms with Crippen molar-refractivity contribution in [3.63, 3.8) is 0 Å². The number of hydrazone groups is 1. The van der Waals surface area contributed by atoms with Crippen LogP contribution >= 0.6 is 0 Å². The highest BCUT2D eigenvalue weighted by Crippen LogP contribution is 2.27. The highest BCUT2D eigenvalue weighted by atomic mass is 19.1. The molecule has 1 aromatic heterocycles. The maximum Gasteiger partial charge on any atom is 0.244 e. The molecule has 0 fully saturated rings. The van der Waals surface area contributed by atoms with E-state index in [1.165, 1.54) is 25.5 Å². The van der Waals surface area contributed by atoms with E-state index in [2.05, 4.69) is 10.5 Å². The van der Waals surface area contributed by atoms with Crippen LogP contribution in [0.3, 0.4) is 0 Å². The van der Waals surface area contributed by atoms with Crippen LogP contribution in [0.4, 0.5) is 4.39 Å². The van der Waals surface area contributed by atoms with Crippen LogP contribution in [-0.2, 0) is 11.2 Å². The molecule has 1 heterocycles. The fraction of sp³-hybridized carbons (Fsp3) is 0.143. The molecule has 0 atom stereocenters. The van der Waals surface area contributed by atoms with E-state index >= 15 is 0 Å². The maximum absolute atomic E-state index is 13.0. The Hall–Kier alpha value is -3.61. The standard InChI is InChI=1S/C21H19FN2O4/c1-26-19-9-3-14(11-20(19)27-2)12-21(25)24-23-13-17-8-10-18(28-17)15-4-6-16(22)7-5-15/h3-11,13H,12H2,1-2H3,(H,24,25). The molecule has 0 saturated heterocycles. The van der Waals surface area contributed by atoms with Gasteiger partial charge in [0.2, 0.25) is 5.91 Å². The lowest BCUT2D eigenvalue weighted by molar-refractivity contribution is -0.120. The average molecular weight is 382 g/mol. The molecule has 1 N–H and O–H groups in total. The summed E-state index contributed by atoms with van der Waals surface area (Å²) in [5, 5.41) is 3.90. The molecular weight excluding hydrogens is 363 g/mol. The predicted octanol–water partition coefficient (Wildman–Crippen LogP) is 3.80. The molecule has 1 amide bonds. The van der Waals surface area contributed by atoms with E-state index in [-0.39, 0.29) is 18.1 Å². The number of hydrogen-bond donors (Lipinski definition) is 1. The summed E-state index contributed by atoms with van der Waals surface area (Å²) in [6, 6.07) is 14.7. The number of carbonyl (C=O) groups is 1. The van der Waals surface area contributed by atoms with Crippen molar-refractivity contribution < 1.29 is 23.1 Å². The molecule has 144 valence electrons. The molecule has 0 aliphatic rings. The first kappa shape index (κ1) is 19.2. The molecule has 2 aromatic carbocycles. The Bertz CT molecular complexity index is 980. The molecule has 0 bridgehead atoms. The number of furan rings is 1. The van der Waals surface area contributed by atoms with Gasteiger partial charge in [0.1, 0.15) is 17.3 Å². The van der Waals surface area contributed by atoms with E-state index in [0.717, 1.165) is 11.1 Å². The second-order valence-electron chi connectivity index (χ2n) is 5.87. The molecule has 3 aromatic rings. The topological polar surface area (TPSA) is 73.1 Å². The normalized spacial score (nSPS) is 10.8. The van der Waals surface area contributed by atoms with Crippen molar-refractivity contribution in [2.75, 3.05) is 14.2 Å². The zero-order chi connectivity index (χ0) is 19.9. The number of amides is 1. The third-order valence-electron chi connectivity index (χ3n) is 3.95. The van der Waals surface area contributed by atoms with Crippen molar-refractivity contribution >= 4 is 12.1 Å². The fourth-order valence-electron chi connectivity index (χ4n) is 2.57. The lowest BCUT2D eigenvalue weighted by Gasteiger charge is -2.09. The summed E-state index contributed by atoms with van der Waals surface area (Å²) in [5.41, 5.74) is 3.97. The number of carbonyl (C=O) groups excluding carboxylic acids is 1. The van der Waals surface area contributed by atoms with Crippen molar-refractivity contribution in [1.82, 2.24) is 5.43 Å². The number of nitrogens with zero attached hydrogens (tertiary/aromatic N) is 1. The third-order valence-corrected chi connectivity index (χ3v) is 3.95. The third kappa shape index (κ3) is 4.76. The van der Waals surface area contributed by atoms with Gasteiger partial charge in [-0.15, -0.1) is 0 Å². The quantitative estimate of drug-likeness (QED) is 0.498. The van der Waals surface area contributed by atoms with Gasteiger partial charge in [0, 0.05) is 5.56 Å². The number of nitrogens with one attached hydrogen (secondary N) is 1. The number of hydrogen-bond acceptors (Lipinski definition) is 5. The molecule has 0 spiro atoms. The SMILES string of the molecule is COc1ccc(CC(=O)NN=Cc2ccc(-c3ccc(F)cc3)o2)cc1OC. The summed E-state index contributed by atoms with van der Waals surface area (Å²) in [6.45, 7) is 0. The summed E-state index contributed by atoms with van der Waals surface area (Å²) in [6.07, 6.45) is 1.54. The molecule has 7 heteroatoms. The van der Waals surface area contributed by atoms with Crippen LogP contribution in [0.5, 0.6) is 11.5 Å². The van der Waals surface area contributed by atoms with Gasteiger partial charge in [0.15, 0.2) is 11.5 Å². The molecule has 0 saturated carbocycles. The van der Waals surface area contributed by atoms with Crippen LogP contribution in [0.2, 0.25) is 0 Å². The van der Waals surface area contributed by atoms with E-state index in [1.807, 2.05) is 0 Å². The number of halogens is 1. The van der Waals surface area contributed by atoms with Crippen molar-refractivity contribution in [3.8, 4) is 22.8 Å². The number of methoxy groups -OCH3 is 2. The summed E-state index contributed by atoms with van der Waals surface area (Å²) in [5.74, 6) is 1.60. The first-order valence-corrected chi connectivity index (χ1v) is 8.47. The van der Waals surface area contributed by atoms with Crippen LogP contribution in [0, 0.1) is 5.82 Å². The van der Waals surface area contributed by atoms with Gasteiger partial charge in [-0.05, 0) is 54.1 Å². The highest BCUT2D eigenvalue weighted by molar-refractivity contribution is 5.82. The van der Waals surface area contributed by atoms with E-state index in [0.29, 0.717) is 23.0 Å². The Morgan fingerprint density at radius 1 is 1.07 bits per heavy atom. The molecule has 28 heavy (non-hydrogen) atoms. The summed E-state index contributed by atoms with van der Waals surface area (Å²) >= 11 is 0. The minimum absolute atomic E-state index is 0.136. The Morgan fingerprint density at radius 2 is 1.82 bits per heavy atom. The van der Waals surface area contributed by atoms with Crippen LogP contribution < -0.4 is 14.9 Å². The van der Waals surface area contributed by atoms with E-state index < -0.39 is 0 Å². The summed E-state index contributed by atoms with van der Waals surface area (Å²) < 4.78 is 29.0. The Kier molecular flexibility index (Phi) is 6.06. The monoisotopic (exact) mass is 382 g/mol. The Morgan fingerprint density at radius 3 is 2.54 bits per heavy atom. The van der Waals surface area contributed by atoms with Crippen LogP contribution in [0.25, 0.3) is 11.3 Å². The van der Waals surface area contributed by atoms with Gasteiger partial charge in [-0.1, -0.05) is 6.07 Å². The van der Waals surface area contributed by atoms with E-state index in [1.54, 1.807) is 49.6 Å². The predicted molar refractivity (Wildman–Crippen MR) is 103 cm³/mol. The average Bonchev–Trinajstić information content (AvgIpc) is 3.17. The van der Waals surface area contributed by atoms with Gasteiger partial charge in [-0.3, -0.25) is 4.79 Å². The minimum atomic E-state index is -0.311. The van der Waals surface area contributed by atoms with Crippen molar-refractivity contribution in [1.29, 1.82) is 0 Å². The lowest BCUT2D eigenvalue weighted by atomic mass is 10.1. The van der Waals surface area contributed by atoms with Crippen molar-refractivity contribution in [2.45, 2.75) is 6.42 Å². The van der Waals surface area contributed by atoms with Crippen LogP contribution in [0.15, 0.2) is 64.1 Å². The number of benzene rings is 2. The van der Waals surface area contributed by atoms with Crippen LogP contribution in [0.1, 0.15) is 11.3 Å². The Labute approximate surface area is 161 Å². The largest absolute Gasteiger partial charge is 0.493 e. The summed E-state index contributed by atoms with van der Waals surface area (Å²) in [4.78, 5) is 12.1. The molecule has 0 aliphatic carbocycles. The molecule has 0 aliphatic heterocycles. The Balaban J connectivity index is 1.57. The lowest BCUT2D eigenvalue weighted by Crippen LogP contribution is -2.19. The minimum Gasteiger partial charge on any atom is -0.493 e. The van der Waals surface area contributed by atoms with Crippen molar-refractivity contribution in [2.24, 2.45) is 5.10 Å². The fourth-order valence-corrected chi connectivity index (χ4v) is 2.57. The molecule has 6 nitrogen and oxygen atoms in total. The van der Waals surface area contributed by atoms with E-state index in [4.69, 9.17) is 13.9 Å². The number of ether oxygens (including phenoxy) is 2. The second kappa shape index (κ2) is 8.85. The zero-order valence-corrected chi connectivity index (χ0v) is 15.4. The zero-order valence-electron chi connectivity index (χ0n) is 15.4. The number of rotatable bonds is 7. The van der Waals surface area contributed by atoms with Crippen molar-refractivity contribution in [3.05, 3.63) is 71.7 Å². The highest BCUT2D eigenvalue weighted by Gasteiger charge is 2.08. The first-order valence-electron chi connectivity index (χ1n) is 8.47. The summed E-state index contributed by atoms with van der Waals surface area (Å²) in [7, 11) is 3.09. The van der Waals surface area contributed by atoms with Crippen LogP contribution in [-0.4, -0.2) is 26.3 Å². The van der Waals surface area contributed by atoms with Gasteiger partial charge < -0.3 is 13.9 Å². The van der Waals surface area contributed by atoms with Gasteiger partial charge >= 0.3 is 0 Å². The molecule has 0 unspecified atom stereocenters. The molecule has 3 rings (SSSR count). The maximum atomic E-state index is 13.0. The van der Waals surface area contributed by atoms with Gasteiger partial charge in [-0.25, -0.2) is 9.82 Å². The molecular formula is C21H19FN2O4. The smallest absolute Gasteiger partial charge is 0.244 e. The van der Waals surface area contributed by atoms with Gasteiger partial charge in [0.25, 0.3) is 0 Å². The first-order chi connectivity index (χ1) is 13.6. The van der Waals surface area contributed by atoms with E-state index in [9.17, 15) is 9.18 Å². The second-order valence-corrected chi connectivity index (χ2v) is 5.87. The molecule has 0 radical (unpaired) electrons. The van der Waals surface area contributed by atoms with Gasteiger partial charge in [-0.2, -0.15) is 5.10 Å².